The van der Waals surface area contributed by atoms with Crippen LogP contribution in [-0.4, -0.2) is 0 Å². The molecule has 0 nitrogen and oxygen atoms in total. The van der Waals surface area contributed by atoms with Crippen molar-refractivity contribution in [2.45, 2.75) is 5.41 Å². The Morgan fingerprint density at radius 1 is 0.236 bits per heavy atom. The number of hydrogen-bond acceptors (Lipinski definition) is 0. The number of benzene rings is 10. The molecule has 0 heteroatoms. The minimum Gasteiger partial charge on any atom is -0.0619 e. The monoisotopic (exact) mass is 694 g/mol. The Morgan fingerprint density at radius 2 is 0.691 bits per heavy atom. The molecule has 0 amide bonds. The molecule has 0 atom stereocenters. The summed E-state index contributed by atoms with van der Waals surface area (Å²) in [5.74, 6) is 0. The molecule has 0 saturated carbocycles. The minimum absolute atomic E-state index is 0.422. The Morgan fingerprint density at radius 3 is 1.29 bits per heavy atom. The molecule has 0 saturated heterocycles. The van der Waals surface area contributed by atoms with Crippen molar-refractivity contribution in [1.82, 2.24) is 0 Å². The molecule has 1 spiro atoms. The maximum absolute atomic E-state index is 2.52. The van der Waals surface area contributed by atoms with Gasteiger partial charge in [0.15, 0.2) is 0 Å². The lowest BCUT2D eigenvalue weighted by Gasteiger charge is -2.31. The summed E-state index contributed by atoms with van der Waals surface area (Å²) in [4.78, 5) is 0. The van der Waals surface area contributed by atoms with Gasteiger partial charge in [0.25, 0.3) is 0 Å². The maximum Gasteiger partial charge on any atom is 0.0725 e. The van der Waals surface area contributed by atoms with Gasteiger partial charge >= 0.3 is 0 Å². The molecule has 0 N–H and O–H groups in total. The number of rotatable bonds is 3. The lowest BCUT2D eigenvalue weighted by atomic mass is 9.70. The van der Waals surface area contributed by atoms with E-state index in [-0.39, 0.29) is 0 Å². The standard InChI is InChI=1S/C55H34/c1-3-14-38-29-40(23-21-35(38)11-1)43-31-44(41-24-22-36-12-2-4-15-39(36)30-41)33-45(32-43)42-25-27-49-53(34-42)55(52-28-26-37-13-5-6-16-46(37)54(49)52)50-19-9-7-17-47(50)48-18-8-10-20-51(48)55/h1-34H. The third-order valence-corrected chi connectivity index (χ3v) is 12.4. The van der Waals surface area contributed by atoms with Gasteiger partial charge in [0.05, 0.1) is 5.41 Å². The fourth-order valence-corrected chi connectivity index (χ4v) is 9.95. The molecule has 254 valence electrons. The average molecular weight is 695 g/mol. The van der Waals surface area contributed by atoms with Gasteiger partial charge in [-0.1, -0.05) is 170 Å². The Balaban J connectivity index is 1.14. The molecule has 0 bridgehead atoms. The van der Waals surface area contributed by atoms with Gasteiger partial charge < -0.3 is 0 Å². The normalized spacial score (nSPS) is 13.2. The fraction of sp³-hybridized carbons (Fsp3) is 0.0182. The third kappa shape index (κ3) is 4.34. The van der Waals surface area contributed by atoms with Crippen molar-refractivity contribution in [3.8, 4) is 55.6 Å². The summed E-state index contributed by atoms with van der Waals surface area (Å²) in [6.07, 6.45) is 0. The van der Waals surface area contributed by atoms with E-state index in [0.717, 1.165) is 0 Å². The van der Waals surface area contributed by atoms with Crippen molar-refractivity contribution in [2.75, 3.05) is 0 Å². The van der Waals surface area contributed by atoms with Gasteiger partial charge in [0.2, 0.25) is 0 Å². The fourth-order valence-electron chi connectivity index (χ4n) is 9.95. The van der Waals surface area contributed by atoms with Gasteiger partial charge in [-0.15, -0.1) is 0 Å². The Bertz CT molecular complexity index is 3070. The third-order valence-electron chi connectivity index (χ3n) is 12.4. The summed E-state index contributed by atoms with van der Waals surface area (Å²) >= 11 is 0. The van der Waals surface area contributed by atoms with Crippen molar-refractivity contribution in [3.05, 3.63) is 229 Å². The largest absolute Gasteiger partial charge is 0.0725 e. The van der Waals surface area contributed by atoms with Crippen molar-refractivity contribution in [1.29, 1.82) is 0 Å². The van der Waals surface area contributed by atoms with Crippen LogP contribution in [0.1, 0.15) is 22.3 Å². The first-order valence-electron chi connectivity index (χ1n) is 19.2. The second-order valence-electron chi connectivity index (χ2n) is 15.2. The highest BCUT2D eigenvalue weighted by Gasteiger charge is 2.52. The first-order valence-corrected chi connectivity index (χ1v) is 19.2. The zero-order valence-electron chi connectivity index (χ0n) is 30.1. The van der Waals surface area contributed by atoms with E-state index in [1.807, 2.05) is 0 Å². The Labute approximate surface area is 320 Å². The molecule has 55 heavy (non-hydrogen) atoms. The molecule has 0 radical (unpaired) electrons. The van der Waals surface area contributed by atoms with E-state index in [1.165, 1.54) is 110 Å². The molecular weight excluding hydrogens is 661 g/mol. The maximum atomic E-state index is 2.52. The van der Waals surface area contributed by atoms with Crippen LogP contribution in [0.2, 0.25) is 0 Å². The van der Waals surface area contributed by atoms with Gasteiger partial charge in [-0.3, -0.25) is 0 Å². The van der Waals surface area contributed by atoms with E-state index in [4.69, 9.17) is 0 Å². The number of hydrogen-bond donors (Lipinski definition) is 0. The molecule has 10 aromatic rings. The van der Waals surface area contributed by atoms with Crippen molar-refractivity contribution in [2.24, 2.45) is 0 Å². The Kier molecular flexibility index (Phi) is 6.36. The predicted octanol–water partition coefficient (Wildman–Crippen LogP) is 14.5. The lowest BCUT2D eigenvalue weighted by Crippen LogP contribution is -2.25. The lowest BCUT2D eigenvalue weighted by molar-refractivity contribution is 0.795. The average Bonchev–Trinajstić information content (AvgIpc) is 3.73. The van der Waals surface area contributed by atoms with E-state index in [2.05, 4.69) is 206 Å². The van der Waals surface area contributed by atoms with E-state index < -0.39 is 5.41 Å². The van der Waals surface area contributed by atoms with Crippen LogP contribution in [0, 0.1) is 0 Å². The van der Waals surface area contributed by atoms with Gasteiger partial charge in [-0.2, -0.15) is 0 Å². The van der Waals surface area contributed by atoms with Crippen LogP contribution in [-0.2, 0) is 5.41 Å². The summed E-state index contributed by atoms with van der Waals surface area (Å²) in [5.41, 5.74) is 17.7. The first-order chi connectivity index (χ1) is 27.2. The second-order valence-corrected chi connectivity index (χ2v) is 15.2. The van der Waals surface area contributed by atoms with E-state index in [9.17, 15) is 0 Å². The quantitative estimate of drug-likeness (QED) is 0.173. The molecular formula is C55H34. The topological polar surface area (TPSA) is 0 Å². The summed E-state index contributed by atoms with van der Waals surface area (Å²) in [6, 6.07) is 77.3. The molecule has 0 fully saturated rings. The van der Waals surface area contributed by atoms with Crippen LogP contribution in [0.25, 0.3) is 88.0 Å². The van der Waals surface area contributed by atoms with Gasteiger partial charge in [-0.05, 0) is 147 Å². The smallest absolute Gasteiger partial charge is 0.0619 e. The first kappa shape index (κ1) is 30.4. The molecule has 0 heterocycles. The highest BCUT2D eigenvalue weighted by atomic mass is 14.5. The van der Waals surface area contributed by atoms with Gasteiger partial charge in [-0.25, -0.2) is 0 Å². The van der Waals surface area contributed by atoms with Crippen molar-refractivity contribution >= 4 is 32.3 Å². The summed E-state index contributed by atoms with van der Waals surface area (Å²) < 4.78 is 0. The van der Waals surface area contributed by atoms with Crippen molar-refractivity contribution < 1.29 is 0 Å². The highest BCUT2D eigenvalue weighted by molar-refractivity contribution is 6.06. The predicted molar refractivity (Wildman–Crippen MR) is 232 cm³/mol. The molecule has 0 aromatic heterocycles. The van der Waals surface area contributed by atoms with E-state index in [0.29, 0.717) is 0 Å². The molecule has 0 aliphatic heterocycles. The molecule has 12 rings (SSSR count). The summed E-state index contributed by atoms with van der Waals surface area (Å²) in [6.45, 7) is 0. The van der Waals surface area contributed by atoms with Crippen LogP contribution < -0.4 is 0 Å². The second kappa shape index (κ2) is 11.5. The van der Waals surface area contributed by atoms with Crippen LogP contribution in [0.3, 0.4) is 0 Å². The van der Waals surface area contributed by atoms with Crippen LogP contribution >= 0.6 is 0 Å². The zero-order chi connectivity index (χ0) is 36.1. The molecule has 2 aliphatic carbocycles. The van der Waals surface area contributed by atoms with E-state index in [1.54, 1.807) is 0 Å². The molecule has 0 unspecified atom stereocenters. The summed E-state index contributed by atoms with van der Waals surface area (Å²) in [5, 5.41) is 7.59. The van der Waals surface area contributed by atoms with Crippen molar-refractivity contribution in [3.63, 3.8) is 0 Å². The minimum atomic E-state index is -0.422. The van der Waals surface area contributed by atoms with Crippen LogP contribution in [0.4, 0.5) is 0 Å². The van der Waals surface area contributed by atoms with Gasteiger partial charge in [0.1, 0.15) is 0 Å². The van der Waals surface area contributed by atoms with Crippen LogP contribution in [0.15, 0.2) is 206 Å². The highest BCUT2D eigenvalue weighted by Crippen LogP contribution is 2.64. The summed E-state index contributed by atoms with van der Waals surface area (Å²) in [7, 11) is 0. The number of fused-ring (bicyclic) bond motifs is 14. The van der Waals surface area contributed by atoms with Crippen LogP contribution in [0.5, 0.6) is 0 Å². The Hall–Kier alpha value is -7.02. The molecule has 10 aromatic carbocycles. The molecule has 2 aliphatic rings. The van der Waals surface area contributed by atoms with E-state index >= 15 is 0 Å². The SMILES string of the molecule is c1ccc2c(c1)-c1ccccc1C21c2cc(-c3cc(-c4ccc5ccccc5c4)cc(-c4ccc5ccccc5c4)c3)ccc2-c2c1ccc1ccccc21. The van der Waals surface area contributed by atoms with Gasteiger partial charge in [0, 0.05) is 0 Å². The zero-order valence-corrected chi connectivity index (χ0v) is 30.1.